The first-order valence-corrected chi connectivity index (χ1v) is 10.1. The first-order chi connectivity index (χ1) is 14.0. The third kappa shape index (κ3) is 3.52. The van der Waals surface area contributed by atoms with Crippen molar-refractivity contribution in [3.8, 4) is 0 Å². The molecule has 0 radical (unpaired) electrons. The van der Waals surface area contributed by atoms with Gasteiger partial charge in [0.15, 0.2) is 5.13 Å². The number of rotatable bonds is 6. The maximum absolute atomic E-state index is 13.0. The van der Waals surface area contributed by atoms with Gasteiger partial charge in [0.25, 0.3) is 11.8 Å². The average Bonchev–Trinajstić information content (AvgIpc) is 3.24. The molecule has 4 amide bonds. The smallest absolute Gasteiger partial charge is 0.262 e. The van der Waals surface area contributed by atoms with Gasteiger partial charge in [0, 0.05) is 24.8 Å². The van der Waals surface area contributed by atoms with E-state index in [1.807, 2.05) is 5.38 Å². The molecule has 1 atom stereocenters. The van der Waals surface area contributed by atoms with Gasteiger partial charge in [-0.2, -0.15) is 0 Å². The summed E-state index contributed by atoms with van der Waals surface area (Å²) in [5.41, 5.74) is 7.63. The number of nitrogens with zero attached hydrogens (tertiary/aromatic N) is 2. The monoisotopic (exact) mass is 413 g/mol. The minimum Gasteiger partial charge on any atom is -0.357 e. The molecule has 1 fully saturated rings. The Balaban J connectivity index is 1.56. The third-order valence-electron chi connectivity index (χ3n) is 4.94. The van der Waals surface area contributed by atoms with Gasteiger partial charge in [-0.3, -0.25) is 29.4 Å². The number of amides is 4. The third-order valence-corrected chi connectivity index (χ3v) is 5.79. The van der Waals surface area contributed by atoms with Crippen LogP contribution in [0, 0.1) is 0 Å². The maximum atomic E-state index is 13.0. The van der Waals surface area contributed by atoms with Crippen molar-refractivity contribution in [3.05, 3.63) is 46.0 Å². The minimum absolute atomic E-state index is 0.0907. The largest absolute Gasteiger partial charge is 0.357 e. The van der Waals surface area contributed by atoms with E-state index in [9.17, 15) is 19.2 Å². The molecular formula is C19H19N5O4S. The summed E-state index contributed by atoms with van der Waals surface area (Å²) in [6, 6.07) is 4.07. The predicted molar refractivity (Wildman–Crippen MR) is 105 cm³/mol. The standard InChI is InChI=1S/C19H19N5O4S/c20-7-6-11-9-29-19(22-11)21-8-10-2-1-3-12-15(10)18(28)24(17(12)27)13-4-5-14(25)23-16(13)26/h1-3,9,13H,4-8,20H2,(H,21,22)(H,23,25,26). The number of piperidine rings is 1. The minimum atomic E-state index is -0.973. The molecule has 0 saturated carbocycles. The number of carbonyl (C=O) groups is 4. The highest BCUT2D eigenvalue weighted by Gasteiger charge is 2.45. The van der Waals surface area contributed by atoms with E-state index in [0.29, 0.717) is 30.2 Å². The van der Waals surface area contributed by atoms with Gasteiger partial charge in [-0.15, -0.1) is 11.3 Å². The highest BCUT2D eigenvalue weighted by Crippen LogP contribution is 2.30. The van der Waals surface area contributed by atoms with E-state index in [-0.39, 0.29) is 24.0 Å². The lowest BCUT2D eigenvalue weighted by atomic mass is 10.0. The summed E-state index contributed by atoms with van der Waals surface area (Å²) in [6.45, 7) is 0.823. The zero-order valence-corrected chi connectivity index (χ0v) is 16.3. The fourth-order valence-electron chi connectivity index (χ4n) is 3.55. The lowest BCUT2D eigenvalue weighted by Crippen LogP contribution is -2.54. The molecule has 2 aromatic rings. The van der Waals surface area contributed by atoms with E-state index >= 15 is 0 Å². The maximum Gasteiger partial charge on any atom is 0.262 e. The second-order valence-electron chi connectivity index (χ2n) is 6.82. The second-order valence-corrected chi connectivity index (χ2v) is 7.68. The van der Waals surface area contributed by atoms with Gasteiger partial charge in [0.2, 0.25) is 11.8 Å². The Labute approximate surface area is 170 Å². The number of anilines is 1. The number of aromatic nitrogens is 1. The number of benzene rings is 1. The molecule has 2 aliphatic heterocycles. The summed E-state index contributed by atoms with van der Waals surface area (Å²) in [5, 5.41) is 7.99. The summed E-state index contributed by atoms with van der Waals surface area (Å²) >= 11 is 1.44. The van der Waals surface area contributed by atoms with Crippen molar-refractivity contribution in [1.82, 2.24) is 15.2 Å². The van der Waals surface area contributed by atoms with E-state index in [4.69, 9.17) is 5.73 Å². The van der Waals surface area contributed by atoms with Crippen LogP contribution in [0.1, 0.15) is 44.8 Å². The molecule has 1 saturated heterocycles. The molecule has 0 spiro atoms. The Kier molecular flexibility index (Phi) is 5.12. The summed E-state index contributed by atoms with van der Waals surface area (Å²) in [6.07, 6.45) is 0.910. The zero-order chi connectivity index (χ0) is 20.5. The average molecular weight is 413 g/mol. The first kappa shape index (κ1) is 19.2. The normalized spacial score (nSPS) is 18.8. The molecule has 4 N–H and O–H groups in total. The Hall–Kier alpha value is -3.11. The summed E-state index contributed by atoms with van der Waals surface area (Å²) < 4.78 is 0. The van der Waals surface area contributed by atoms with Crippen LogP contribution in [0.4, 0.5) is 5.13 Å². The molecule has 1 aromatic heterocycles. The Morgan fingerprint density at radius 2 is 2.07 bits per heavy atom. The molecule has 1 unspecified atom stereocenters. The van der Waals surface area contributed by atoms with Crippen molar-refractivity contribution in [1.29, 1.82) is 0 Å². The van der Waals surface area contributed by atoms with Gasteiger partial charge in [0.05, 0.1) is 16.8 Å². The van der Waals surface area contributed by atoms with E-state index in [1.165, 1.54) is 11.3 Å². The van der Waals surface area contributed by atoms with Crippen LogP contribution in [-0.2, 0) is 22.6 Å². The first-order valence-electron chi connectivity index (χ1n) is 9.21. The van der Waals surface area contributed by atoms with Crippen molar-refractivity contribution >= 4 is 40.1 Å². The molecule has 10 heteroatoms. The summed E-state index contributed by atoms with van der Waals surface area (Å²) in [7, 11) is 0. The van der Waals surface area contributed by atoms with Crippen molar-refractivity contribution < 1.29 is 19.2 Å². The van der Waals surface area contributed by atoms with E-state index in [1.54, 1.807) is 18.2 Å². The molecule has 3 heterocycles. The van der Waals surface area contributed by atoms with E-state index < -0.39 is 29.7 Å². The number of carbonyl (C=O) groups excluding carboxylic acids is 4. The number of nitrogens with two attached hydrogens (primary N) is 1. The Bertz CT molecular complexity index is 1020. The molecule has 9 nitrogen and oxygen atoms in total. The highest BCUT2D eigenvalue weighted by molar-refractivity contribution is 7.13. The number of nitrogens with one attached hydrogen (secondary N) is 2. The van der Waals surface area contributed by atoms with Gasteiger partial charge in [-0.25, -0.2) is 4.98 Å². The molecule has 1 aromatic carbocycles. The van der Waals surface area contributed by atoms with Crippen LogP contribution < -0.4 is 16.4 Å². The summed E-state index contributed by atoms with van der Waals surface area (Å²) in [4.78, 5) is 54.8. The molecular weight excluding hydrogens is 394 g/mol. The van der Waals surface area contributed by atoms with Gasteiger partial charge >= 0.3 is 0 Å². The number of thiazole rings is 1. The van der Waals surface area contributed by atoms with Crippen LogP contribution in [0.25, 0.3) is 0 Å². The second kappa shape index (κ2) is 7.72. The fourth-order valence-corrected chi connectivity index (χ4v) is 4.30. The predicted octanol–water partition coefficient (Wildman–Crippen LogP) is 0.658. The van der Waals surface area contributed by atoms with Crippen molar-refractivity contribution in [3.63, 3.8) is 0 Å². The van der Waals surface area contributed by atoms with Gasteiger partial charge < -0.3 is 11.1 Å². The molecule has 4 rings (SSSR count). The number of hydrogen-bond donors (Lipinski definition) is 3. The van der Waals surface area contributed by atoms with Gasteiger partial charge in [-0.1, -0.05) is 12.1 Å². The zero-order valence-electron chi connectivity index (χ0n) is 15.4. The van der Waals surface area contributed by atoms with E-state index in [0.717, 1.165) is 10.6 Å². The molecule has 0 aliphatic carbocycles. The highest BCUT2D eigenvalue weighted by atomic mass is 32.1. The van der Waals surface area contributed by atoms with Crippen molar-refractivity contribution in [2.45, 2.75) is 31.8 Å². The van der Waals surface area contributed by atoms with Crippen LogP contribution in [0.15, 0.2) is 23.6 Å². The number of hydrogen-bond acceptors (Lipinski definition) is 8. The Morgan fingerprint density at radius 3 is 2.83 bits per heavy atom. The molecule has 0 bridgehead atoms. The number of imide groups is 2. The quantitative estimate of drug-likeness (QED) is 0.592. The Morgan fingerprint density at radius 1 is 1.24 bits per heavy atom. The lowest BCUT2D eigenvalue weighted by molar-refractivity contribution is -0.136. The molecule has 150 valence electrons. The lowest BCUT2D eigenvalue weighted by Gasteiger charge is -2.27. The van der Waals surface area contributed by atoms with Crippen LogP contribution in [0.2, 0.25) is 0 Å². The van der Waals surface area contributed by atoms with Crippen LogP contribution in [0.3, 0.4) is 0 Å². The van der Waals surface area contributed by atoms with Crippen molar-refractivity contribution in [2.24, 2.45) is 5.73 Å². The van der Waals surface area contributed by atoms with Crippen LogP contribution in [-0.4, -0.2) is 46.1 Å². The molecule has 2 aliphatic rings. The van der Waals surface area contributed by atoms with Crippen LogP contribution in [0.5, 0.6) is 0 Å². The topological polar surface area (TPSA) is 134 Å². The van der Waals surface area contributed by atoms with Gasteiger partial charge in [-0.05, 0) is 24.6 Å². The van der Waals surface area contributed by atoms with Crippen LogP contribution >= 0.6 is 11.3 Å². The number of fused-ring (bicyclic) bond motifs is 1. The summed E-state index contributed by atoms with van der Waals surface area (Å²) in [5.74, 6) is -2.04. The van der Waals surface area contributed by atoms with E-state index in [2.05, 4.69) is 15.6 Å². The SMILES string of the molecule is NCCc1csc(NCc2cccc3c2C(=O)N(C2CCC(=O)NC2=O)C3=O)n1. The van der Waals surface area contributed by atoms with Gasteiger partial charge in [0.1, 0.15) is 6.04 Å². The van der Waals surface area contributed by atoms with Crippen molar-refractivity contribution in [2.75, 3.05) is 11.9 Å². The molecule has 29 heavy (non-hydrogen) atoms. The fraction of sp³-hybridized carbons (Fsp3) is 0.316.